The molecule has 2 aliphatic rings. The molecule has 0 aromatic heterocycles. The SMILES string of the molecule is CCOC1CC(NC2CCCCC2C(F)(F)F)C1OC. The number of hydrogen-bond acceptors (Lipinski definition) is 3. The molecule has 0 heterocycles. The van der Waals surface area contributed by atoms with Crippen LogP contribution in [0.3, 0.4) is 0 Å². The largest absolute Gasteiger partial charge is 0.393 e. The van der Waals surface area contributed by atoms with Crippen molar-refractivity contribution < 1.29 is 22.6 Å². The second-order valence-corrected chi connectivity index (χ2v) is 5.74. The van der Waals surface area contributed by atoms with Gasteiger partial charge in [0.05, 0.1) is 18.1 Å². The summed E-state index contributed by atoms with van der Waals surface area (Å²) in [5.74, 6) is -1.22. The van der Waals surface area contributed by atoms with E-state index >= 15 is 0 Å². The second kappa shape index (κ2) is 6.62. The van der Waals surface area contributed by atoms with Crippen LogP contribution in [-0.2, 0) is 9.47 Å². The maximum atomic E-state index is 13.0. The molecule has 0 aliphatic heterocycles. The molecule has 2 rings (SSSR count). The summed E-state index contributed by atoms with van der Waals surface area (Å²) in [7, 11) is 1.59. The van der Waals surface area contributed by atoms with E-state index in [1.807, 2.05) is 6.92 Å². The Hall–Kier alpha value is -0.330. The molecular weight excluding hydrogens is 271 g/mol. The van der Waals surface area contributed by atoms with Gasteiger partial charge < -0.3 is 14.8 Å². The molecule has 5 unspecified atom stereocenters. The van der Waals surface area contributed by atoms with E-state index in [1.165, 1.54) is 0 Å². The lowest BCUT2D eigenvalue weighted by atomic mass is 9.79. The minimum absolute atomic E-state index is 0.00965. The maximum Gasteiger partial charge on any atom is 0.393 e. The first-order valence-corrected chi connectivity index (χ1v) is 7.44. The van der Waals surface area contributed by atoms with Gasteiger partial charge in [0.1, 0.15) is 0 Å². The van der Waals surface area contributed by atoms with E-state index in [2.05, 4.69) is 5.32 Å². The lowest BCUT2D eigenvalue weighted by Crippen LogP contribution is -2.63. The van der Waals surface area contributed by atoms with Crippen molar-refractivity contribution in [1.29, 1.82) is 0 Å². The lowest BCUT2D eigenvalue weighted by Gasteiger charge is -2.47. The summed E-state index contributed by atoms with van der Waals surface area (Å²) in [6, 6.07) is -0.501. The highest BCUT2D eigenvalue weighted by Crippen LogP contribution is 2.39. The molecule has 5 atom stereocenters. The Labute approximate surface area is 118 Å². The quantitative estimate of drug-likeness (QED) is 0.846. The Kier molecular flexibility index (Phi) is 5.31. The van der Waals surface area contributed by atoms with Crippen LogP contribution in [0, 0.1) is 5.92 Å². The van der Waals surface area contributed by atoms with Crippen LogP contribution < -0.4 is 5.32 Å². The first kappa shape index (κ1) is 16.0. The van der Waals surface area contributed by atoms with Gasteiger partial charge in [0.25, 0.3) is 0 Å². The number of halogens is 3. The fraction of sp³-hybridized carbons (Fsp3) is 1.00. The minimum Gasteiger partial charge on any atom is -0.377 e. The standard InChI is InChI=1S/C14H24F3NO2/c1-3-20-12-8-11(13(12)19-2)18-10-7-5-4-6-9(10)14(15,16)17/h9-13,18H,3-8H2,1-2H3. The molecule has 6 heteroatoms. The number of ether oxygens (including phenoxy) is 2. The third-order valence-electron chi connectivity index (χ3n) is 4.52. The molecule has 2 saturated carbocycles. The van der Waals surface area contributed by atoms with Crippen LogP contribution in [0.2, 0.25) is 0 Å². The molecule has 20 heavy (non-hydrogen) atoms. The zero-order valence-corrected chi connectivity index (χ0v) is 12.1. The van der Waals surface area contributed by atoms with E-state index in [-0.39, 0.29) is 24.7 Å². The molecule has 0 aromatic rings. The van der Waals surface area contributed by atoms with E-state index < -0.39 is 18.1 Å². The zero-order chi connectivity index (χ0) is 14.8. The number of nitrogens with one attached hydrogen (secondary N) is 1. The third kappa shape index (κ3) is 3.46. The number of hydrogen-bond donors (Lipinski definition) is 1. The average Bonchev–Trinajstić information content (AvgIpc) is 2.37. The van der Waals surface area contributed by atoms with Crippen molar-refractivity contribution in [1.82, 2.24) is 5.32 Å². The topological polar surface area (TPSA) is 30.5 Å². The first-order valence-electron chi connectivity index (χ1n) is 7.44. The number of rotatable bonds is 5. The molecule has 2 fully saturated rings. The fourth-order valence-electron chi connectivity index (χ4n) is 3.43. The Bertz CT molecular complexity index is 311. The van der Waals surface area contributed by atoms with Crippen molar-refractivity contribution in [2.75, 3.05) is 13.7 Å². The summed E-state index contributed by atoms with van der Waals surface area (Å²) in [6.45, 7) is 2.51. The molecule has 0 amide bonds. The van der Waals surface area contributed by atoms with Crippen molar-refractivity contribution in [2.24, 2.45) is 5.92 Å². The average molecular weight is 295 g/mol. The summed E-state index contributed by atoms with van der Waals surface area (Å²) in [6.07, 6.45) is -1.14. The van der Waals surface area contributed by atoms with Crippen LogP contribution in [0.5, 0.6) is 0 Å². The van der Waals surface area contributed by atoms with Gasteiger partial charge in [0.15, 0.2) is 0 Å². The van der Waals surface area contributed by atoms with Crippen LogP contribution in [0.4, 0.5) is 13.2 Å². The molecule has 2 aliphatic carbocycles. The Morgan fingerprint density at radius 3 is 2.45 bits per heavy atom. The van der Waals surface area contributed by atoms with E-state index in [4.69, 9.17) is 9.47 Å². The fourth-order valence-corrected chi connectivity index (χ4v) is 3.43. The predicted octanol–water partition coefficient (Wildman–Crippen LogP) is 2.89. The molecule has 0 bridgehead atoms. The van der Waals surface area contributed by atoms with Gasteiger partial charge in [0, 0.05) is 25.8 Å². The summed E-state index contributed by atoms with van der Waals surface area (Å²) >= 11 is 0. The van der Waals surface area contributed by atoms with Crippen LogP contribution in [-0.4, -0.2) is 44.2 Å². The highest BCUT2D eigenvalue weighted by molar-refractivity contribution is 5.00. The van der Waals surface area contributed by atoms with Crippen LogP contribution >= 0.6 is 0 Å². The van der Waals surface area contributed by atoms with Crippen molar-refractivity contribution in [3.63, 3.8) is 0 Å². The van der Waals surface area contributed by atoms with Gasteiger partial charge in [-0.3, -0.25) is 0 Å². The Morgan fingerprint density at radius 2 is 1.85 bits per heavy atom. The van der Waals surface area contributed by atoms with Gasteiger partial charge in [-0.25, -0.2) is 0 Å². The molecule has 118 valence electrons. The van der Waals surface area contributed by atoms with Gasteiger partial charge in [-0.15, -0.1) is 0 Å². The van der Waals surface area contributed by atoms with Crippen molar-refractivity contribution in [3.8, 4) is 0 Å². The van der Waals surface area contributed by atoms with Crippen LogP contribution in [0.1, 0.15) is 39.0 Å². The highest BCUT2D eigenvalue weighted by atomic mass is 19.4. The maximum absolute atomic E-state index is 13.0. The number of methoxy groups -OCH3 is 1. The summed E-state index contributed by atoms with van der Waals surface area (Å²) in [5, 5.41) is 3.18. The summed E-state index contributed by atoms with van der Waals surface area (Å²) in [5.41, 5.74) is 0. The molecule has 0 radical (unpaired) electrons. The van der Waals surface area contributed by atoms with Gasteiger partial charge in [-0.1, -0.05) is 12.8 Å². The van der Waals surface area contributed by atoms with E-state index in [1.54, 1.807) is 7.11 Å². The molecule has 0 saturated heterocycles. The highest BCUT2D eigenvalue weighted by Gasteiger charge is 2.49. The Balaban J connectivity index is 1.91. The molecular formula is C14H24F3NO2. The smallest absolute Gasteiger partial charge is 0.377 e. The lowest BCUT2D eigenvalue weighted by molar-refractivity contribution is -0.194. The number of alkyl halides is 3. The van der Waals surface area contributed by atoms with Gasteiger partial charge >= 0.3 is 6.18 Å². The van der Waals surface area contributed by atoms with Gasteiger partial charge in [0.2, 0.25) is 0 Å². The predicted molar refractivity (Wildman–Crippen MR) is 69.6 cm³/mol. The monoisotopic (exact) mass is 295 g/mol. The Morgan fingerprint density at radius 1 is 1.15 bits per heavy atom. The molecule has 0 spiro atoms. The van der Waals surface area contributed by atoms with Crippen molar-refractivity contribution in [2.45, 2.75) is 69.5 Å². The van der Waals surface area contributed by atoms with Gasteiger partial charge in [-0.2, -0.15) is 13.2 Å². The van der Waals surface area contributed by atoms with Crippen molar-refractivity contribution >= 4 is 0 Å². The van der Waals surface area contributed by atoms with E-state index in [9.17, 15) is 13.2 Å². The first-order chi connectivity index (χ1) is 9.47. The van der Waals surface area contributed by atoms with Gasteiger partial charge in [-0.05, 0) is 26.2 Å². The van der Waals surface area contributed by atoms with Crippen LogP contribution in [0.15, 0.2) is 0 Å². The zero-order valence-electron chi connectivity index (χ0n) is 12.1. The van der Waals surface area contributed by atoms with E-state index in [0.717, 1.165) is 12.8 Å². The normalized spacial score (nSPS) is 38.5. The molecule has 0 aromatic carbocycles. The van der Waals surface area contributed by atoms with Crippen LogP contribution in [0.25, 0.3) is 0 Å². The minimum atomic E-state index is -4.11. The molecule has 1 N–H and O–H groups in total. The molecule has 3 nitrogen and oxygen atoms in total. The third-order valence-corrected chi connectivity index (χ3v) is 4.52. The summed E-state index contributed by atoms with van der Waals surface area (Å²) in [4.78, 5) is 0. The summed E-state index contributed by atoms with van der Waals surface area (Å²) < 4.78 is 50.0. The van der Waals surface area contributed by atoms with E-state index in [0.29, 0.717) is 19.4 Å². The van der Waals surface area contributed by atoms with Crippen molar-refractivity contribution in [3.05, 3.63) is 0 Å². The second-order valence-electron chi connectivity index (χ2n) is 5.74.